The molecule has 0 aromatic heterocycles. The number of hydrogen-bond donors (Lipinski definition) is 1. The fourth-order valence-electron chi connectivity index (χ4n) is 1.93. The van der Waals surface area contributed by atoms with Crippen molar-refractivity contribution in [2.75, 3.05) is 7.05 Å². The molecule has 0 atom stereocenters. The van der Waals surface area contributed by atoms with Crippen molar-refractivity contribution in [3.63, 3.8) is 0 Å². The summed E-state index contributed by atoms with van der Waals surface area (Å²) in [4.78, 5) is 0. The van der Waals surface area contributed by atoms with Crippen LogP contribution in [0.2, 0.25) is 0 Å². The van der Waals surface area contributed by atoms with Crippen LogP contribution >= 0.6 is 0 Å². The Kier molecular flexibility index (Phi) is 3.08. The van der Waals surface area contributed by atoms with Gasteiger partial charge < -0.3 is 10.1 Å². The molecule has 0 fully saturated rings. The Morgan fingerprint density at radius 3 is 2.88 bits per heavy atom. The van der Waals surface area contributed by atoms with E-state index in [2.05, 4.69) is 16.1 Å². The second kappa shape index (κ2) is 4.51. The Morgan fingerprint density at radius 2 is 2.19 bits per heavy atom. The number of alkyl halides is 2. The summed E-state index contributed by atoms with van der Waals surface area (Å²) in [6, 6.07) is 5.07. The molecule has 0 spiro atoms. The molecular formula is C12H13F2NO. The molecule has 0 aliphatic heterocycles. The minimum atomic E-state index is -2.76. The maximum absolute atomic E-state index is 12.0. The van der Waals surface area contributed by atoms with E-state index in [9.17, 15) is 8.78 Å². The molecule has 16 heavy (non-hydrogen) atoms. The first-order valence-corrected chi connectivity index (χ1v) is 5.16. The molecule has 1 aliphatic carbocycles. The van der Waals surface area contributed by atoms with E-state index in [1.807, 2.05) is 13.1 Å². The summed E-state index contributed by atoms with van der Waals surface area (Å²) < 4.78 is 28.5. The molecule has 86 valence electrons. The Bertz CT molecular complexity index is 415. The van der Waals surface area contributed by atoms with Gasteiger partial charge in [-0.05, 0) is 36.6 Å². The van der Waals surface area contributed by atoms with E-state index in [-0.39, 0.29) is 5.75 Å². The van der Waals surface area contributed by atoms with Crippen molar-refractivity contribution in [2.24, 2.45) is 0 Å². The third kappa shape index (κ3) is 2.15. The van der Waals surface area contributed by atoms with Crippen molar-refractivity contribution >= 4 is 5.70 Å². The Balaban J connectivity index is 2.30. The monoisotopic (exact) mass is 225 g/mol. The van der Waals surface area contributed by atoms with Crippen LogP contribution in [0, 0.1) is 0 Å². The van der Waals surface area contributed by atoms with Crippen LogP contribution in [0.4, 0.5) is 8.78 Å². The molecule has 1 aromatic rings. The third-order valence-electron chi connectivity index (χ3n) is 2.62. The number of halogens is 2. The van der Waals surface area contributed by atoms with Crippen LogP contribution in [0.25, 0.3) is 5.70 Å². The van der Waals surface area contributed by atoms with E-state index in [1.54, 1.807) is 12.1 Å². The summed E-state index contributed by atoms with van der Waals surface area (Å²) in [5.41, 5.74) is 3.16. The maximum Gasteiger partial charge on any atom is 0.387 e. The van der Waals surface area contributed by atoms with Gasteiger partial charge in [0.2, 0.25) is 0 Å². The molecule has 0 saturated carbocycles. The molecule has 0 heterocycles. The number of fused-ring (bicyclic) bond motifs is 1. The Morgan fingerprint density at radius 1 is 1.38 bits per heavy atom. The van der Waals surface area contributed by atoms with E-state index in [0.717, 1.165) is 29.7 Å². The average Bonchev–Trinajstić information content (AvgIpc) is 2.27. The zero-order valence-corrected chi connectivity index (χ0v) is 8.97. The third-order valence-corrected chi connectivity index (χ3v) is 2.62. The lowest BCUT2D eigenvalue weighted by atomic mass is 9.94. The van der Waals surface area contributed by atoms with E-state index in [1.165, 1.54) is 0 Å². The lowest BCUT2D eigenvalue weighted by Gasteiger charge is -2.18. The molecule has 1 aliphatic rings. The fourth-order valence-corrected chi connectivity index (χ4v) is 1.93. The van der Waals surface area contributed by atoms with Crippen molar-refractivity contribution < 1.29 is 13.5 Å². The molecule has 1 aromatic carbocycles. The highest BCUT2D eigenvalue weighted by atomic mass is 19.3. The summed E-state index contributed by atoms with van der Waals surface area (Å²) in [5.74, 6) is 0.228. The van der Waals surface area contributed by atoms with Gasteiger partial charge >= 0.3 is 6.61 Å². The summed E-state index contributed by atoms with van der Waals surface area (Å²) in [6.07, 6.45) is 3.89. The van der Waals surface area contributed by atoms with E-state index < -0.39 is 6.61 Å². The van der Waals surface area contributed by atoms with Crippen molar-refractivity contribution in [2.45, 2.75) is 19.5 Å². The zero-order valence-electron chi connectivity index (χ0n) is 8.97. The fraction of sp³-hybridized carbons (Fsp3) is 0.333. The number of hydrogen-bond acceptors (Lipinski definition) is 2. The maximum atomic E-state index is 12.0. The van der Waals surface area contributed by atoms with Gasteiger partial charge in [0, 0.05) is 18.3 Å². The van der Waals surface area contributed by atoms with E-state index >= 15 is 0 Å². The highest BCUT2D eigenvalue weighted by Gasteiger charge is 2.13. The SMILES string of the molecule is CNC1=CCCc2cc(OC(F)F)ccc21. The number of benzene rings is 1. The van der Waals surface area contributed by atoms with E-state index in [4.69, 9.17) is 0 Å². The second-order valence-corrected chi connectivity index (χ2v) is 3.60. The van der Waals surface area contributed by atoms with Crippen LogP contribution in [-0.2, 0) is 6.42 Å². The molecule has 0 unspecified atom stereocenters. The van der Waals surface area contributed by atoms with Gasteiger partial charge in [-0.2, -0.15) is 8.78 Å². The second-order valence-electron chi connectivity index (χ2n) is 3.60. The molecule has 1 N–H and O–H groups in total. The number of allylic oxidation sites excluding steroid dienone is 1. The van der Waals surface area contributed by atoms with Gasteiger partial charge in [0.15, 0.2) is 0 Å². The quantitative estimate of drug-likeness (QED) is 0.854. The Hall–Kier alpha value is -1.58. The number of rotatable bonds is 3. The molecule has 0 amide bonds. The smallest absolute Gasteiger partial charge is 0.387 e. The molecule has 2 nitrogen and oxygen atoms in total. The van der Waals surface area contributed by atoms with Crippen molar-refractivity contribution in [1.82, 2.24) is 5.32 Å². The van der Waals surface area contributed by atoms with Gasteiger partial charge in [0.05, 0.1) is 0 Å². The first-order chi connectivity index (χ1) is 7.70. The average molecular weight is 225 g/mol. The number of aryl methyl sites for hydroxylation is 1. The van der Waals surface area contributed by atoms with Crippen LogP contribution in [0.5, 0.6) is 5.75 Å². The lowest BCUT2D eigenvalue weighted by molar-refractivity contribution is -0.0498. The largest absolute Gasteiger partial charge is 0.435 e. The highest BCUT2D eigenvalue weighted by molar-refractivity contribution is 5.69. The zero-order chi connectivity index (χ0) is 11.5. The number of ether oxygens (including phenoxy) is 1. The first kappa shape index (κ1) is 10.9. The van der Waals surface area contributed by atoms with Gasteiger partial charge in [-0.15, -0.1) is 0 Å². The van der Waals surface area contributed by atoms with Gasteiger partial charge in [-0.1, -0.05) is 6.08 Å². The summed E-state index contributed by atoms with van der Waals surface area (Å²) in [5, 5.41) is 3.09. The molecule has 0 bridgehead atoms. The van der Waals surface area contributed by atoms with E-state index in [0.29, 0.717) is 0 Å². The normalized spacial score (nSPS) is 14.4. The predicted octanol–water partition coefficient (Wildman–Crippen LogP) is 2.79. The predicted molar refractivity (Wildman–Crippen MR) is 58.4 cm³/mol. The van der Waals surface area contributed by atoms with Gasteiger partial charge in [0.25, 0.3) is 0 Å². The van der Waals surface area contributed by atoms with Crippen LogP contribution in [0.1, 0.15) is 17.5 Å². The van der Waals surface area contributed by atoms with Gasteiger partial charge in [-0.25, -0.2) is 0 Å². The minimum Gasteiger partial charge on any atom is -0.435 e. The van der Waals surface area contributed by atoms with Gasteiger partial charge in [0.1, 0.15) is 5.75 Å². The van der Waals surface area contributed by atoms with Crippen LogP contribution in [-0.4, -0.2) is 13.7 Å². The molecule has 4 heteroatoms. The summed E-state index contributed by atoms with van der Waals surface area (Å²) in [6.45, 7) is -2.76. The van der Waals surface area contributed by atoms with Crippen molar-refractivity contribution in [1.29, 1.82) is 0 Å². The minimum absolute atomic E-state index is 0.228. The molecule has 2 rings (SSSR count). The van der Waals surface area contributed by atoms with Crippen LogP contribution < -0.4 is 10.1 Å². The molecule has 0 saturated heterocycles. The molecular weight excluding hydrogens is 212 g/mol. The van der Waals surface area contributed by atoms with Crippen LogP contribution in [0.15, 0.2) is 24.3 Å². The summed E-state index contributed by atoms with van der Waals surface area (Å²) >= 11 is 0. The summed E-state index contributed by atoms with van der Waals surface area (Å²) in [7, 11) is 1.85. The number of nitrogens with one attached hydrogen (secondary N) is 1. The Labute approximate surface area is 92.9 Å². The molecule has 0 radical (unpaired) electrons. The van der Waals surface area contributed by atoms with Crippen molar-refractivity contribution in [3.8, 4) is 5.75 Å². The first-order valence-electron chi connectivity index (χ1n) is 5.16. The van der Waals surface area contributed by atoms with Crippen LogP contribution in [0.3, 0.4) is 0 Å². The lowest BCUT2D eigenvalue weighted by Crippen LogP contribution is -2.11. The van der Waals surface area contributed by atoms with Crippen molar-refractivity contribution in [3.05, 3.63) is 35.4 Å². The van der Waals surface area contributed by atoms with Gasteiger partial charge in [-0.3, -0.25) is 0 Å². The highest BCUT2D eigenvalue weighted by Crippen LogP contribution is 2.28. The standard InChI is InChI=1S/C12H13F2NO/c1-15-11-4-2-3-8-7-9(16-12(13)14)5-6-10(8)11/h4-7,12,15H,2-3H2,1H3. The topological polar surface area (TPSA) is 21.3 Å².